The van der Waals surface area contributed by atoms with E-state index in [0.717, 1.165) is 5.01 Å². The van der Waals surface area contributed by atoms with Crippen LogP contribution in [0.3, 0.4) is 0 Å². The van der Waals surface area contributed by atoms with Crippen LogP contribution in [0.1, 0.15) is 5.01 Å². The molecule has 0 saturated heterocycles. The third kappa shape index (κ3) is 2.11. The largest absolute Gasteiger partial charge is 0.287 e. The average molecular weight is 160 g/mol. The van der Waals surface area contributed by atoms with Crippen LogP contribution in [0.15, 0.2) is 5.51 Å². The Morgan fingerprint density at radius 3 is 3.11 bits per heavy atom. The molecule has 0 aliphatic carbocycles. The Hall–Kier alpha value is -0.420. The number of carbonyl (C=O) groups excluding carboxylic acids is 1. The number of thiol groups is 1. The van der Waals surface area contributed by atoms with Gasteiger partial charge in [-0.25, -0.2) is 0 Å². The zero-order valence-electron chi connectivity index (χ0n) is 4.44. The lowest BCUT2D eigenvalue weighted by Gasteiger charge is -1.82. The highest BCUT2D eigenvalue weighted by molar-refractivity contribution is 7.96. The lowest BCUT2D eigenvalue weighted by Crippen LogP contribution is -1.91. The maximum atomic E-state index is 10.3. The van der Waals surface area contributed by atoms with Gasteiger partial charge < -0.3 is 0 Å². The first-order valence-electron chi connectivity index (χ1n) is 2.26. The highest BCUT2D eigenvalue weighted by Gasteiger charge is 1.99. The van der Waals surface area contributed by atoms with Gasteiger partial charge >= 0.3 is 0 Å². The SMILES string of the molecule is O=C(S)Cc1nncs1. The zero-order valence-corrected chi connectivity index (χ0v) is 6.15. The molecular weight excluding hydrogens is 156 g/mol. The number of hydrogen-bond acceptors (Lipinski definition) is 4. The van der Waals surface area contributed by atoms with Crippen molar-refractivity contribution in [2.45, 2.75) is 6.42 Å². The lowest BCUT2D eigenvalue weighted by atomic mass is 10.5. The standard InChI is InChI=1S/C4H4N2OS2/c7-4(8)1-3-6-5-2-9-3/h2H,1H2,(H,7,8). The summed E-state index contributed by atoms with van der Waals surface area (Å²) in [6.07, 6.45) is 0.285. The molecule has 0 atom stereocenters. The molecule has 1 aromatic rings. The van der Waals surface area contributed by atoms with E-state index in [2.05, 4.69) is 22.8 Å². The van der Waals surface area contributed by atoms with Gasteiger partial charge in [0.15, 0.2) is 5.12 Å². The van der Waals surface area contributed by atoms with Gasteiger partial charge in [0.05, 0.1) is 6.42 Å². The minimum Gasteiger partial charge on any atom is -0.287 e. The molecule has 0 aliphatic rings. The van der Waals surface area contributed by atoms with Crippen LogP contribution in [0.25, 0.3) is 0 Å². The monoisotopic (exact) mass is 160 g/mol. The second-order valence-electron chi connectivity index (χ2n) is 1.40. The normalized spacial score (nSPS) is 9.44. The van der Waals surface area contributed by atoms with E-state index in [-0.39, 0.29) is 11.5 Å². The summed E-state index contributed by atoms with van der Waals surface area (Å²) in [6, 6.07) is 0. The minimum absolute atomic E-state index is 0.174. The van der Waals surface area contributed by atoms with Crippen molar-refractivity contribution in [3.05, 3.63) is 10.5 Å². The third-order valence-electron chi connectivity index (χ3n) is 0.708. The van der Waals surface area contributed by atoms with Crippen LogP contribution in [-0.4, -0.2) is 15.3 Å². The molecule has 48 valence electrons. The summed E-state index contributed by atoms with van der Waals surface area (Å²) in [5.41, 5.74) is 1.59. The van der Waals surface area contributed by atoms with Crippen molar-refractivity contribution in [1.82, 2.24) is 10.2 Å². The summed E-state index contributed by atoms with van der Waals surface area (Å²) in [6.45, 7) is 0. The van der Waals surface area contributed by atoms with E-state index in [1.165, 1.54) is 11.3 Å². The molecule has 0 aromatic carbocycles. The molecule has 0 bridgehead atoms. The topological polar surface area (TPSA) is 42.9 Å². The number of nitrogens with zero attached hydrogens (tertiary/aromatic N) is 2. The van der Waals surface area contributed by atoms with Gasteiger partial charge in [-0.15, -0.1) is 34.2 Å². The highest BCUT2D eigenvalue weighted by atomic mass is 32.1. The first-order chi connectivity index (χ1) is 4.29. The first kappa shape index (κ1) is 6.70. The van der Waals surface area contributed by atoms with Gasteiger partial charge in [-0.05, 0) is 0 Å². The van der Waals surface area contributed by atoms with Gasteiger partial charge in [0.1, 0.15) is 10.5 Å². The summed E-state index contributed by atoms with van der Waals surface area (Å²) in [7, 11) is 0. The second kappa shape index (κ2) is 2.93. The van der Waals surface area contributed by atoms with E-state index in [1.807, 2.05) is 0 Å². The summed E-state index contributed by atoms with van der Waals surface area (Å²) in [5.74, 6) is 0. The Morgan fingerprint density at radius 2 is 2.67 bits per heavy atom. The van der Waals surface area contributed by atoms with Gasteiger partial charge in [0.25, 0.3) is 0 Å². The van der Waals surface area contributed by atoms with Crippen LogP contribution >= 0.6 is 24.0 Å². The molecule has 0 unspecified atom stereocenters. The summed E-state index contributed by atoms with van der Waals surface area (Å²) in [4.78, 5) is 10.3. The van der Waals surface area contributed by atoms with Crippen LogP contribution in [0.2, 0.25) is 0 Å². The molecule has 0 fully saturated rings. The Balaban J connectivity index is 2.58. The zero-order chi connectivity index (χ0) is 6.69. The molecule has 0 spiro atoms. The number of hydrogen-bond donors (Lipinski definition) is 1. The van der Waals surface area contributed by atoms with E-state index in [1.54, 1.807) is 5.51 Å². The third-order valence-corrected chi connectivity index (χ3v) is 1.56. The molecule has 1 aromatic heterocycles. The number of aromatic nitrogens is 2. The molecule has 0 saturated carbocycles. The van der Waals surface area contributed by atoms with Crippen molar-refractivity contribution < 1.29 is 4.79 Å². The van der Waals surface area contributed by atoms with Crippen molar-refractivity contribution >= 4 is 29.1 Å². The van der Waals surface area contributed by atoms with Crippen LogP contribution in [-0.2, 0) is 11.2 Å². The first-order valence-corrected chi connectivity index (χ1v) is 3.58. The van der Waals surface area contributed by atoms with E-state index in [0.29, 0.717) is 0 Å². The summed E-state index contributed by atoms with van der Waals surface area (Å²) < 4.78 is 0. The molecule has 0 radical (unpaired) electrons. The number of carbonyl (C=O) groups is 1. The molecular formula is C4H4N2OS2. The van der Waals surface area contributed by atoms with Gasteiger partial charge in [-0.3, -0.25) is 4.79 Å². The van der Waals surface area contributed by atoms with E-state index < -0.39 is 0 Å². The molecule has 0 amide bonds. The van der Waals surface area contributed by atoms with E-state index in [9.17, 15) is 4.79 Å². The summed E-state index contributed by atoms with van der Waals surface area (Å²) in [5, 5.41) is 7.76. The summed E-state index contributed by atoms with van der Waals surface area (Å²) >= 11 is 4.94. The van der Waals surface area contributed by atoms with Crippen LogP contribution in [0, 0.1) is 0 Å². The maximum Gasteiger partial charge on any atom is 0.192 e. The van der Waals surface area contributed by atoms with Crippen LogP contribution in [0.5, 0.6) is 0 Å². The fraction of sp³-hybridized carbons (Fsp3) is 0.250. The fourth-order valence-corrected chi connectivity index (χ4v) is 1.18. The Labute approximate surface area is 61.5 Å². The molecule has 1 rings (SSSR count). The van der Waals surface area contributed by atoms with Crippen molar-refractivity contribution in [3.8, 4) is 0 Å². The van der Waals surface area contributed by atoms with E-state index >= 15 is 0 Å². The Kier molecular flexibility index (Phi) is 2.18. The molecule has 9 heavy (non-hydrogen) atoms. The molecule has 0 aliphatic heterocycles. The van der Waals surface area contributed by atoms with Gasteiger partial charge in [-0.2, -0.15) is 0 Å². The number of rotatable bonds is 2. The van der Waals surface area contributed by atoms with Crippen molar-refractivity contribution in [1.29, 1.82) is 0 Å². The smallest absolute Gasteiger partial charge is 0.192 e. The Morgan fingerprint density at radius 1 is 1.89 bits per heavy atom. The second-order valence-corrected chi connectivity index (χ2v) is 2.82. The van der Waals surface area contributed by atoms with Gasteiger partial charge in [0, 0.05) is 0 Å². The highest BCUT2D eigenvalue weighted by Crippen LogP contribution is 2.02. The van der Waals surface area contributed by atoms with Crippen molar-refractivity contribution in [2.24, 2.45) is 0 Å². The molecule has 1 heterocycles. The lowest BCUT2D eigenvalue weighted by molar-refractivity contribution is -0.110. The van der Waals surface area contributed by atoms with Crippen molar-refractivity contribution in [2.75, 3.05) is 0 Å². The minimum atomic E-state index is -0.174. The van der Waals surface area contributed by atoms with Gasteiger partial charge in [0.2, 0.25) is 0 Å². The Bertz CT molecular complexity index is 196. The van der Waals surface area contributed by atoms with E-state index in [4.69, 9.17) is 0 Å². The predicted molar refractivity (Wildman–Crippen MR) is 37.6 cm³/mol. The average Bonchev–Trinajstić information content (AvgIpc) is 2.15. The molecule has 0 N–H and O–H groups in total. The van der Waals surface area contributed by atoms with Gasteiger partial charge in [-0.1, -0.05) is 0 Å². The van der Waals surface area contributed by atoms with Crippen LogP contribution < -0.4 is 0 Å². The fourth-order valence-electron chi connectivity index (χ4n) is 0.402. The van der Waals surface area contributed by atoms with Crippen LogP contribution in [0.4, 0.5) is 0 Å². The quantitative estimate of drug-likeness (QED) is 0.642. The predicted octanol–water partition coefficient (Wildman–Crippen LogP) is 0.537. The van der Waals surface area contributed by atoms with Crippen molar-refractivity contribution in [3.63, 3.8) is 0 Å². The maximum absolute atomic E-state index is 10.3. The molecule has 5 heteroatoms. The molecule has 3 nitrogen and oxygen atoms in total.